The van der Waals surface area contributed by atoms with Crippen LogP contribution in [-0.2, 0) is 0 Å². The second kappa shape index (κ2) is 6.55. The second-order valence-corrected chi connectivity index (χ2v) is 3.93. The Kier molecular flexibility index (Phi) is 5.36. The van der Waals surface area contributed by atoms with Gasteiger partial charge in [0.2, 0.25) is 0 Å². The molecule has 0 aliphatic rings. The molecule has 1 aromatic rings. The Morgan fingerprint density at radius 1 is 1.59 bits per heavy atom. The van der Waals surface area contributed by atoms with Crippen molar-refractivity contribution in [3.63, 3.8) is 0 Å². The third-order valence-electron chi connectivity index (χ3n) is 2.55. The minimum atomic E-state index is -0.777. The average Bonchev–Trinajstić information content (AvgIpc) is 2.32. The lowest BCUT2D eigenvalue weighted by Gasteiger charge is -2.25. The molecule has 0 saturated heterocycles. The van der Waals surface area contributed by atoms with Gasteiger partial charge in [-0.2, -0.15) is 5.26 Å². The molecule has 1 unspecified atom stereocenters. The van der Waals surface area contributed by atoms with Crippen molar-refractivity contribution in [1.29, 1.82) is 5.26 Å². The third kappa shape index (κ3) is 3.16. The third-order valence-corrected chi connectivity index (χ3v) is 2.88. The van der Waals surface area contributed by atoms with Crippen molar-refractivity contribution in [1.82, 2.24) is 4.90 Å². The van der Waals surface area contributed by atoms with Crippen molar-refractivity contribution in [2.45, 2.75) is 13.0 Å². The van der Waals surface area contributed by atoms with E-state index in [1.54, 1.807) is 11.0 Å². The lowest BCUT2D eigenvalue weighted by Crippen LogP contribution is -2.31. The van der Waals surface area contributed by atoms with Crippen LogP contribution in [0, 0.1) is 17.1 Å². The Morgan fingerprint density at radius 2 is 2.29 bits per heavy atom. The number of likely N-dealkylation sites (N-methyl/N-ethyl adjacent to an activating group) is 1. The number of nitriles is 1. The maximum absolute atomic E-state index is 13.7. The number of rotatable bonds is 5. The normalized spacial score (nSPS) is 12.5. The van der Waals surface area contributed by atoms with Crippen LogP contribution in [0.25, 0.3) is 0 Å². The summed E-state index contributed by atoms with van der Waals surface area (Å²) in [4.78, 5) is 1.67. The number of hydrogen-bond donors (Lipinski definition) is 1. The molecule has 1 aromatic carbocycles. The van der Waals surface area contributed by atoms with Crippen LogP contribution in [0.5, 0.6) is 0 Å². The van der Waals surface area contributed by atoms with E-state index in [9.17, 15) is 4.39 Å². The lowest BCUT2D eigenvalue weighted by molar-refractivity contribution is 0.179. The predicted molar refractivity (Wildman–Crippen MR) is 64.1 cm³/mol. The van der Waals surface area contributed by atoms with Gasteiger partial charge in [-0.15, -0.1) is 0 Å². The van der Waals surface area contributed by atoms with Crippen LogP contribution in [0.2, 0.25) is 5.02 Å². The molecule has 3 nitrogen and oxygen atoms in total. The number of benzene rings is 1. The maximum atomic E-state index is 13.7. The summed E-state index contributed by atoms with van der Waals surface area (Å²) in [5.74, 6) is -0.500. The quantitative estimate of drug-likeness (QED) is 0.880. The Balaban J connectivity index is 3.13. The summed E-state index contributed by atoms with van der Waals surface area (Å²) >= 11 is 5.92. The fraction of sp³-hybridized carbons (Fsp3) is 0.417. The first-order chi connectivity index (χ1) is 8.15. The zero-order chi connectivity index (χ0) is 12.8. The minimum absolute atomic E-state index is 0.0852. The van der Waals surface area contributed by atoms with E-state index in [0.717, 1.165) is 0 Å². The Labute approximate surface area is 105 Å². The molecule has 1 atom stereocenters. The molecule has 0 radical (unpaired) electrons. The summed E-state index contributed by atoms with van der Waals surface area (Å²) in [6, 6.07) is 5.58. The Morgan fingerprint density at radius 3 is 2.76 bits per heavy atom. The van der Waals surface area contributed by atoms with E-state index in [-0.39, 0.29) is 17.2 Å². The average molecular weight is 257 g/mol. The Hall–Kier alpha value is -1.15. The van der Waals surface area contributed by atoms with Crippen molar-refractivity contribution >= 4 is 11.6 Å². The molecule has 0 saturated carbocycles. The van der Waals surface area contributed by atoms with E-state index >= 15 is 0 Å². The number of halogens is 2. The van der Waals surface area contributed by atoms with Gasteiger partial charge >= 0.3 is 0 Å². The van der Waals surface area contributed by atoms with Crippen LogP contribution in [0.15, 0.2) is 18.2 Å². The Bertz CT molecular complexity index is 399. The highest BCUT2D eigenvalue weighted by atomic mass is 35.5. The fourth-order valence-electron chi connectivity index (χ4n) is 1.70. The standard InChI is InChI=1S/C12H14ClFN2O/c1-2-16(6-7-17)11(8-15)12-9(13)4-3-5-10(12)14/h3-5,11,17H,2,6-7H2,1H3. The van der Waals surface area contributed by atoms with Crippen molar-refractivity contribution in [3.05, 3.63) is 34.6 Å². The molecular formula is C12H14ClFN2O. The van der Waals surface area contributed by atoms with Gasteiger partial charge in [-0.25, -0.2) is 4.39 Å². The van der Waals surface area contributed by atoms with Crippen molar-refractivity contribution in [3.8, 4) is 6.07 Å². The first kappa shape index (κ1) is 13.9. The molecule has 0 aliphatic carbocycles. The van der Waals surface area contributed by atoms with Crippen LogP contribution >= 0.6 is 11.6 Å². The summed E-state index contributed by atoms with van der Waals surface area (Å²) in [5, 5.41) is 18.3. The van der Waals surface area contributed by atoms with E-state index in [0.29, 0.717) is 13.1 Å². The van der Waals surface area contributed by atoms with Crippen LogP contribution in [0.3, 0.4) is 0 Å². The van der Waals surface area contributed by atoms with E-state index in [2.05, 4.69) is 0 Å². The number of nitrogens with zero attached hydrogens (tertiary/aromatic N) is 2. The number of aliphatic hydroxyl groups excluding tert-OH is 1. The molecular weight excluding hydrogens is 243 g/mol. The second-order valence-electron chi connectivity index (χ2n) is 3.52. The van der Waals surface area contributed by atoms with Gasteiger partial charge in [0.15, 0.2) is 0 Å². The summed E-state index contributed by atoms with van der Waals surface area (Å²) in [7, 11) is 0. The molecule has 17 heavy (non-hydrogen) atoms. The van der Waals surface area contributed by atoms with E-state index in [4.69, 9.17) is 22.0 Å². The lowest BCUT2D eigenvalue weighted by atomic mass is 10.1. The summed E-state index contributed by atoms with van der Waals surface area (Å²) in [5.41, 5.74) is 0.173. The maximum Gasteiger partial charge on any atom is 0.130 e. The molecule has 0 aromatic heterocycles. The van der Waals surface area contributed by atoms with Gasteiger partial charge in [-0.05, 0) is 18.7 Å². The highest BCUT2D eigenvalue weighted by Crippen LogP contribution is 2.29. The molecule has 1 N–H and O–H groups in total. The molecule has 0 heterocycles. The van der Waals surface area contributed by atoms with Gasteiger partial charge in [0.05, 0.1) is 12.7 Å². The monoisotopic (exact) mass is 256 g/mol. The molecule has 0 aliphatic heterocycles. The van der Waals surface area contributed by atoms with Gasteiger partial charge in [0, 0.05) is 17.1 Å². The van der Waals surface area contributed by atoms with Crippen LogP contribution in [0.1, 0.15) is 18.5 Å². The fourth-order valence-corrected chi connectivity index (χ4v) is 1.97. The topological polar surface area (TPSA) is 47.3 Å². The highest BCUT2D eigenvalue weighted by Gasteiger charge is 2.23. The van der Waals surface area contributed by atoms with Crippen molar-refractivity contribution < 1.29 is 9.50 Å². The van der Waals surface area contributed by atoms with Crippen molar-refractivity contribution in [2.24, 2.45) is 0 Å². The zero-order valence-electron chi connectivity index (χ0n) is 9.53. The molecule has 0 bridgehead atoms. The highest BCUT2D eigenvalue weighted by molar-refractivity contribution is 6.31. The van der Waals surface area contributed by atoms with Gasteiger partial charge in [-0.3, -0.25) is 4.90 Å². The van der Waals surface area contributed by atoms with E-state index in [1.807, 2.05) is 13.0 Å². The summed E-state index contributed by atoms with van der Waals surface area (Å²) in [6.45, 7) is 2.59. The van der Waals surface area contributed by atoms with E-state index in [1.165, 1.54) is 12.1 Å². The van der Waals surface area contributed by atoms with Gasteiger partial charge < -0.3 is 5.11 Å². The largest absolute Gasteiger partial charge is 0.395 e. The van der Waals surface area contributed by atoms with E-state index < -0.39 is 11.9 Å². The van der Waals surface area contributed by atoms with Gasteiger partial charge in [0.1, 0.15) is 11.9 Å². The smallest absolute Gasteiger partial charge is 0.130 e. The zero-order valence-corrected chi connectivity index (χ0v) is 10.3. The first-order valence-corrected chi connectivity index (χ1v) is 5.71. The molecule has 92 valence electrons. The molecule has 0 amide bonds. The SMILES string of the molecule is CCN(CCO)C(C#N)c1c(F)cccc1Cl. The van der Waals surface area contributed by atoms with Gasteiger partial charge in [0.25, 0.3) is 0 Å². The van der Waals surface area contributed by atoms with Crippen LogP contribution in [0.4, 0.5) is 4.39 Å². The van der Waals surface area contributed by atoms with Gasteiger partial charge in [-0.1, -0.05) is 24.6 Å². The molecule has 0 fully saturated rings. The predicted octanol–water partition coefficient (Wildman–Crippen LogP) is 2.36. The molecule has 0 spiro atoms. The number of hydrogen-bond acceptors (Lipinski definition) is 3. The minimum Gasteiger partial charge on any atom is -0.395 e. The van der Waals surface area contributed by atoms with Crippen LogP contribution < -0.4 is 0 Å². The summed E-state index contributed by atoms with van der Waals surface area (Å²) in [6.07, 6.45) is 0. The molecule has 1 rings (SSSR count). The first-order valence-electron chi connectivity index (χ1n) is 5.34. The number of aliphatic hydroxyl groups is 1. The van der Waals surface area contributed by atoms with Crippen LogP contribution in [-0.4, -0.2) is 29.7 Å². The van der Waals surface area contributed by atoms with Crippen molar-refractivity contribution in [2.75, 3.05) is 19.7 Å². The molecule has 5 heteroatoms. The summed E-state index contributed by atoms with van der Waals surface area (Å²) < 4.78 is 13.7.